The number of rotatable bonds is 0. The maximum atomic E-state index is 8.83. The molecule has 1 aromatic carbocycles. The van der Waals surface area contributed by atoms with Crippen LogP contribution >= 0.6 is 27.3 Å². The van der Waals surface area contributed by atoms with E-state index in [4.69, 9.17) is 5.26 Å². The fourth-order valence-electron chi connectivity index (χ4n) is 1.12. The first-order valence-corrected chi connectivity index (χ1v) is 5.01. The maximum absolute atomic E-state index is 8.83. The van der Waals surface area contributed by atoms with Crippen LogP contribution in [-0.4, -0.2) is 0 Å². The third-order valence-electron chi connectivity index (χ3n) is 1.66. The normalized spacial score (nSPS) is 10.0. The summed E-state index contributed by atoms with van der Waals surface area (Å²) >= 11 is 4.96. The van der Waals surface area contributed by atoms with Crippen LogP contribution in [0.3, 0.4) is 0 Å². The van der Waals surface area contributed by atoms with Gasteiger partial charge in [-0.15, -0.1) is 11.3 Å². The van der Waals surface area contributed by atoms with E-state index in [1.54, 1.807) is 11.3 Å². The summed E-state index contributed by atoms with van der Waals surface area (Å²) in [6, 6.07) is 10.1. The van der Waals surface area contributed by atoms with Gasteiger partial charge in [0.1, 0.15) is 6.07 Å². The Morgan fingerprint density at radius 2 is 2.08 bits per heavy atom. The van der Waals surface area contributed by atoms with Crippen LogP contribution in [0.5, 0.6) is 0 Å². The second-order valence-electron chi connectivity index (χ2n) is 2.36. The number of halogens is 1. The molecule has 0 saturated carbocycles. The lowest BCUT2D eigenvalue weighted by atomic mass is 10.2. The molecular formula is C9H4BrNS. The van der Waals surface area contributed by atoms with Gasteiger partial charge >= 0.3 is 0 Å². The molecule has 1 heterocycles. The molecule has 58 valence electrons. The molecule has 0 amide bonds. The molecule has 1 aromatic heterocycles. The topological polar surface area (TPSA) is 23.8 Å². The van der Waals surface area contributed by atoms with Crippen molar-refractivity contribution in [3.05, 3.63) is 33.6 Å². The first kappa shape index (κ1) is 7.78. The van der Waals surface area contributed by atoms with E-state index >= 15 is 0 Å². The summed E-state index contributed by atoms with van der Waals surface area (Å²) in [7, 11) is 0. The number of hydrogen-bond donors (Lipinski definition) is 0. The number of nitrogens with zero attached hydrogens (tertiary/aromatic N) is 1. The minimum atomic E-state index is 0.746. The average molecular weight is 238 g/mol. The van der Waals surface area contributed by atoms with Crippen molar-refractivity contribution in [3.63, 3.8) is 0 Å². The summed E-state index contributed by atoms with van der Waals surface area (Å²) in [6.45, 7) is 0. The van der Waals surface area contributed by atoms with Gasteiger partial charge in [-0.1, -0.05) is 18.2 Å². The molecule has 1 nitrogen and oxygen atoms in total. The SMILES string of the molecule is N#Cc1c(Br)sc2ccccc12. The highest BCUT2D eigenvalue weighted by molar-refractivity contribution is 9.11. The van der Waals surface area contributed by atoms with Crippen LogP contribution in [0.4, 0.5) is 0 Å². The Balaban J connectivity index is 2.93. The minimum absolute atomic E-state index is 0.746. The Labute approximate surface area is 82.4 Å². The van der Waals surface area contributed by atoms with Gasteiger partial charge in [0.05, 0.1) is 9.35 Å². The van der Waals surface area contributed by atoms with Crippen LogP contribution in [-0.2, 0) is 0 Å². The average Bonchev–Trinajstić information content (AvgIpc) is 2.40. The predicted molar refractivity (Wildman–Crippen MR) is 54.2 cm³/mol. The first-order chi connectivity index (χ1) is 5.83. The van der Waals surface area contributed by atoms with Crippen molar-refractivity contribution in [3.8, 4) is 6.07 Å². The lowest BCUT2D eigenvalue weighted by Gasteiger charge is -1.85. The monoisotopic (exact) mass is 237 g/mol. The van der Waals surface area contributed by atoms with Crippen LogP contribution in [0.2, 0.25) is 0 Å². The number of hydrogen-bond acceptors (Lipinski definition) is 2. The highest BCUT2D eigenvalue weighted by Crippen LogP contribution is 2.34. The molecule has 0 aliphatic carbocycles. The molecule has 0 fully saturated rings. The fraction of sp³-hybridized carbons (Fsp3) is 0. The highest BCUT2D eigenvalue weighted by atomic mass is 79.9. The van der Waals surface area contributed by atoms with Gasteiger partial charge in [-0.25, -0.2) is 0 Å². The zero-order chi connectivity index (χ0) is 8.55. The number of thiophene rings is 1. The van der Waals surface area contributed by atoms with Gasteiger partial charge in [0.15, 0.2) is 0 Å². The second-order valence-corrected chi connectivity index (χ2v) is 4.73. The Morgan fingerprint density at radius 3 is 2.83 bits per heavy atom. The number of nitriles is 1. The predicted octanol–water partition coefficient (Wildman–Crippen LogP) is 3.54. The molecule has 0 saturated heterocycles. The maximum Gasteiger partial charge on any atom is 0.102 e. The summed E-state index contributed by atoms with van der Waals surface area (Å²) in [4.78, 5) is 0. The molecule has 2 rings (SSSR count). The van der Waals surface area contributed by atoms with E-state index in [2.05, 4.69) is 22.0 Å². The summed E-state index contributed by atoms with van der Waals surface area (Å²) < 4.78 is 2.08. The van der Waals surface area contributed by atoms with Crippen molar-refractivity contribution < 1.29 is 0 Å². The van der Waals surface area contributed by atoms with Crippen molar-refractivity contribution in [2.45, 2.75) is 0 Å². The Kier molecular flexibility index (Phi) is 1.87. The molecule has 12 heavy (non-hydrogen) atoms. The summed E-state index contributed by atoms with van der Waals surface area (Å²) in [6.07, 6.45) is 0. The third-order valence-corrected chi connectivity index (χ3v) is 3.51. The highest BCUT2D eigenvalue weighted by Gasteiger charge is 2.07. The van der Waals surface area contributed by atoms with Gasteiger partial charge in [-0.2, -0.15) is 5.26 Å². The van der Waals surface area contributed by atoms with E-state index in [1.807, 2.05) is 24.3 Å². The van der Waals surface area contributed by atoms with E-state index < -0.39 is 0 Å². The van der Waals surface area contributed by atoms with Gasteiger partial charge in [-0.3, -0.25) is 0 Å². The zero-order valence-electron chi connectivity index (χ0n) is 6.04. The minimum Gasteiger partial charge on any atom is -0.192 e. The molecule has 0 bridgehead atoms. The molecule has 0 unspecified atom stereocenters. The molecule has 0 radical (unpaired) electrons. The molecule has 0 N–H and O–H groups in total. The molecule has 3 heteroatoms. The van der Waals surface area contributed by atoms with Crippen LogP contribution in [0.15, 0.2) is 28.1 Å². The lowest BCUT2D eigenvalue weighted by Crippen LogP contribution is -1.68. The molecule has 2 aromatic rings. The Bertz CT molecular complexity index is 467. The van der Waals surface area contributed by atoms with Crippen LogP contribution in [0.1, 0.15) is 5.56 Å². The van der Waals surface area contributed by atoms with E-state index in [0.717, 1.165) is 19.4 Å². The molecule has 0 aliphatic rings. The van der Waals surface area contributed by atoms with Crippen molar-refractivity contribution in [1.82, 2.24) is 0 Å². The Morgan fingerprint density at radius 1 is 1.33 bits per heavy atom. The van der Waals surface area contributed by atoms with Gasteiger partial charge in [0.25, 0.3) is 0 Å². The van der Waals surface area contributed by atoms with Crippen molar-refractivity contribution in [2.75, 3.05) is 0 Å². The zero-order valence-corrected chi connectivity index (χ0v) is 8.45. The molecule has 0 atom stereocenters. The van der Waals surface area contributed by atoms with Gasteiger partial charge < -0.3 is 0 Å². The van der Waals surface area contributed by atoms with Crippen molar-refractivity contribution >= 4 is 37.4 Å². The number of fused-ring (bicyclic) bond motifs is 1. The summed E-state index contributed by atoms with van der Waals surface area (Å²) in [5.74, 6) is 0. The van der Waals surface area contributed by atoms with E-state index in [0.29, 0.717) is 0 Å². The molecular weight excluding hydrogens is 234 g/mol. The quantitative estimate of drug-likeness (QED) is 0.688. The fourth-order valence-corrected chi connectivity index (χ4v) is 2.82. The van der Waals surface area contributed by atoms with Crippen molar-refractivity contribution in [2.24, 2.45) is 0 Å². The standard InChI is InChI=1S/C9H4BrNS/c10-9-7(5-11)6-3-1-2-4-8(6)12-9/h1-4H. The smallest absolute Gasteiger partial charge is 0.102 e. The number of benzene rings is 1. The van der Waals surface area contributed by atoms with Gasteiger partial charge in [0, 0.05) is 10.1 Å². The van der Waals surface area contributed by atoms with Crippen molar-refractivity contribution in [1.29, 1.82) is 5.26 Å². The Hall–Kier alpha value is -0.850. The van der Waals surface area contributed by atoms with Crippen LogP contribution in [0, 0.1) is 11.3 Å². The largest absolute Gasteiger partial charge is 0.192 e. The van der Waals surface area contributed by atoms with E-state index in [1.165, 1.54) is 0 Å². The van der Waals surface area contributed by atoms with E-state index in [9.17, 15) is 0 Å². The second kappa shape index (κ2) is 2.89. The lowest BCUT2D eigenvalue weighted by molar-refractivity contribution is 1.51. The first-order valence-electron chi connectivity index (χ1n) is 3.40. The van der Waals surface area contributed by atoms with Crippen LogP contribution in [0.25, 0.3) is 10.1 Å². The third kappa shape index (κ3) is 1.04. The molecule has 0 spiro atoms. The van der Waals surface area contributed by atoms with E-state index in [-0.39, 0.29) is 0 Å². The van der Waals surface area contributed by atoms with Gasteiger partial charge in [0.2, 0.25) is 0 Å². The summed E-state index contributed by atoms with van der Waals surface area (Å²) in [5.41, 5.74) is 0.746. The summed E-state index contributed by atoms with van der Waals surface area (Å²) in [5, 5.41) is 9.87. The van der Waals surface area contributed by atoms with Crippen LogP contribution < -0.4 is 0 Å². The van der Waals surface area contributed by atoms with Gasteiger partial charge in [-0.05, 0) is 22.0 Å². The molecule has 0 aliphatic heterocycles.